The number of sulfonamides is 1. The third-order valence-corrected chi connectivity index (χ3v) is 8.30. The van der Waals surface area contributed by atoms with E-state index in [1.807, 2.05) is 4.90 Å². The molecule has 1 aromatic rings. The minimum Gasteiger partial charge on any atom is -0.487 e. The van der Waals surface area contributed by atoms with Crippen LogP contribution in [0.1, 0.15) is 46.0 Å². The number of hydrogen-bond acceptors (Lipinski definition) is 5. The molecule has 0 aromatic heterocycles. The summed E-state index contributed by atoms with van der Waals surface area (Å²) in [6.45, 7) is 6.37. The molecular weight excluding hydrogens is 404 g/mol. The molecule has 3 atom stereocenters. The highest BCUT2D eigenvalue weighted by Crippen LogP contribution is 2.37. The summed E-state index contributed by atoms with van der Waals surface area (Å²) in [5.74, 6) is 0.834. The predicted octanol–water partition coefficient (Wildman–Crippen LogP) is 2.65. The average Bonchev–Trinajstić information content (AvgIpc) is 3.15. The van der Waals surface area contributed by atoms with E-state index in [2.05, 4.69) is 13.8 Å². The Morgan fingerprint density at radius 3 is 2.67 bits per heavy atom. The van der Waals surface area contributed by atoms with Gasteiger partial charge in [0.05, 0.1) is 6.04 Å². The Morgan fingerprint density at radius 1 is 1.17 bits per heavy atom. The normalized spacial score (nSPS) is 28.9. The van der Waals surface area contributed by atoms with Crippen LogP contribution in [-0.2, 0) is 19.6 Å². The van der Waals surface area contributed by atoms with Gasteiger partial charge in [-0.3, -0.25) is 4.79 Å². The van der Waals surface area contributed by atoms with Crippen LogP contribution in [0.5, 0.6) is 5.75 Å². The van der Waals surface area contributed by atoms with Gasteiger partial charge < -0.3 is 14.4 Å². The first-order valence-corrected chi connectivity index (χ1v) is 12.5. The molecule has 7 nitrogen and oxygen atoms in total. The van der Waals surface area contributed by atoms with Crippen molar-refractivity contribution < 1.29 is 22.7 Å². The van der Waals surface area contributed by atoms with Crippen LogP contribution >= 0.6 is 0 Å². The summed E-state index contributed by atoms with van der Waals surface area (Å²) in [4.78, 5) is 15.0. The summed E-state index contributed by atoms with van der Waals surface area (Å²) >= 11 is 0. The Balaban J connectivity index is 1.62. The quantitative estimate of drug-likeness (QED) is 0.725. The zero-order chi connectivity index (χ0) is 21.3. The molecule has 3 heterocycles. The molecule has 1 amide bonds. The fourth-order valence-corrected chi connectivity index (χ4v) is 6.44. The zero-order valence-electron chi connectivity index (χ0n) is 17.8. The van der Waals surface area contributed by atoms with Crippen molar-refractivity contribution in [3.05, 3.63) is 24.3 Å². The van der Waals surface area contributed by atoms with Crippen LogP contribution < -0.4 is 4.74 Å². The molecule has 2 saturated heterocycles. The van der Waals surface area contributed by atoms with Crippen molar-refractivity contribution >= 4 is 15.9 Å². The molecule has 0 aliphatic carbocycles. The molecule has 4 rings (SSSR count). The second kappa shape index (κ2) is 8.85. The monoisotopic (exact) mass is 436 g/mol. The van der Waals surface area contributed by atoms with Gasteiger partial charge in [-0.25, -0.2) is 8.42 Å². The van der Waals surface area contributed by atoms with E-state index in [4.69, 9.17) is 9.47 Å². The fourth-order valence-electron chi connectivity index (χ4n) is 4.62. The Kier molecular flexibility index (Phi) is 6.36. The van der Waals surface area contributed by atoms with Gasteiger partial charge in [-0.1, -0.05) is 26.0 Å². The maximum atomic E-state index is 13.6. The first kappa shape index (κ1) is 21.6. The highest BCUT2D eigenvalue weighted by molar-refractivity contribution is 7.89. The summed E-state index contributed by atoms with van der Waals surface area (Å²) in [6, 6.07) is 6.62. The molecule has 3 aliphatic rings. The lowest BCUT2D eigenvalue weighted by Crippen LogP contribution is -2.47. The van der Waals surface area contributed by atoms with Gasteiger partial charge in [-0.15, -0.1) is 0 Å². The Labute approximate surface area is 179 Å². The lowest BCUT2D eigenvalue weighted by atomic mass is 10.0. The van der Waals surface area contributed by atoms with Gasteiger partial charge in [0, 0.05) is 32.7 Å². The summed E-state index contributed by atoms with van der Waals surface area (Å²) in [6.07, 6.45) is 2.99. The number of ether oxygens (including phenoxy) is 2. The van der Waals surface area contributed by atoms with Crippen molar-refractivity contribution in [1.29, 1.82) is 0 Å². The maximum Gasteiger partial charge on any atom is 0.251 e. The summed E-state index contributed by atoms with van der Waals surface area (Å²) in [5, 5.41) is 0. The van der Waals surface area contributed by atoms with Crippen LogP contribution in [0.4, 0.5) is 0 Å². The van der Waals surface area contributed by atoms with E-state index in [0.717, 1.165) is 19.3 Å². The van der Waals surface area contributed by atoms with Gasteiger partial charge in [-0.2, -0.15) is 4.31 Å². The van der Waals surface area contributed by atoms with E-state index in [0.29, 0.717) is 50.8 Å². The number of carbonyl (C=O) groups excluding carboxylic acids is 1. The largest absolute Gasteiger partial charge is 0.487 e. The van der Waals surface area contributed by atoms with E-state index >= 15 is 0 Å². The molecule has 0 bridgehead atoms. The molecule has 3 aliphatic heterocycles. The molecule has 30 heavy (non-hydrogen) atoms. The van der Waals surface area contributed by atoms with E-state index in [1.54, 1.807) is 28.6 Å². The van der Waals surface area contributed by atoms with Crippen LogP contribution in [0.3, 0.4) is 0 Å². The van der Waals surface area contributed by atoms with Crippen LogP contribution in [0.15, 0.2) is 29.2 Å². The van der Waals surface area contributed by atoms with E-state index < -0.39 is 10.0 Å². The first-order valence-electron chi connectivity index (χ1n) is 11.1. The van der Waals surface area contributed by atoms with Gasteiger partial charge in [0.15, 0.2) is 0 Å². The van der Waals surface area contributed by atoms with Gasteiger partial charge in [0.1, 0.15) is 22.9 Å². The molecule has 8 heteroatoms. The third kappa shape index (κ3) is 4.22. The molecule has 0 saturated carbocycles. The average molecular weight is 437 g/mol. The van der Waals surface area contributed by atoms with Crippen LogP contribution in [0.2, 0.25) is 0 Å². The van der Waals surface area contributed by atoms with Crippen molar-refractivity contribution in [2.75, 3.05) is 26.2 Å². The standard InChI is InChI=1S/C22H32N2O5S/c1-16(2)9-14-24-17-10-12-23(22(25)20-7-5-15-28-20)13-11-18(17)29-19-6-3-4-8-21(19)30(24,26)27/h3-4,6,8,16-18,20H,5,7,9-15H2,1-2H3/t17-,18-,20+/m0/s1. The Bertz CT molecular complexity index is 866. The van der Waals surface area contributed by atoms with Gasteiger partial charge >= 0.3 is 0 Å². The SMILES string of the molecule is CC(C)CCN1[C@H]2CCN(C(=O)[C@H]3CCCO3)CC[C@@H]2Oc2ccccc2S1(=O)=O. The molecule has 166 valence electrons. The van der Waals surface area contributed by atoms with E-state index in [-0.39, 0.29) is 29.1 Å². The number of nitrogens with zero attached hydrogens (tertiary/aromatic N) is 2. The number of rotatable bonds is 4. The number of hydrogen-bond donors (Lipinski definition) is 0. The summed E-state index contributed by atoms with van der Waals surface area (Å²) in [5.41, 5.74) is 0. The highest BCUT2D eigenvalue weighted by Gasteiger charge is 2.44. The minimum absolute atomic E-state index is 0.0287. The molecule has 0 spiro atoms. The second-order valence-electron chi connectivity index (χ2n) is 8.87. The van der Waals surface area contributed by atoms with Crippen LogP contribution in [0, 0.1) is 5.92 Å². The number of para-hydroxylation sites is 1. The summed E-state index contributed by atoms with van der Waals surface area (Å²) in [7, 11) is -3.67. The Morgan fingerprint density at radius 2 is 1.93 bits per heavy atom. The molecule has 1 aromatic carbocycles. The van der Waals surface area contributed by atoms with Crippen molar-refractivity contribution in [3.63, 3.8) is 0 Å². The molecule has 0 radical (unpaired) electrons. The topological polar surface area (TPSA) is 76.2 Å². The van der Waals surface area contributed by atoms with Crippen molar-refractivity contribution in [3.8, 4) is 5.75 Å². The summed E-state index contributed by atoms with van der Waals surface area (Å²) < 4.78 is 40.7. The smallest absolute Gasteiger partial charge is 0.251 e. The molecule has 0 unspecified atom stereocenters. The van der Waals surface area contributed by atoms with Crippen molar-refractivity contribution in [2.24, 2.45) is 5.92 Å². The zero-order valence-corrected chi connectivity index (χ0v) is 18.6. The lowest BCUT2D eigenvalue weighted by molar-refractivity contribution is -0.140. The number of likely N-dealkylation sites (tertiary alicyclic amines) is 1. The van der Waals surface area contributed by atoms with Gasteiger partial charge in [0.25, 0.3) is 5.91 Å². The second-order valence-corrected chi connectivity index (χ2v) is 10.7. The number of carbonyl (C=O) groups is 1. The van der Waals surface area contributed by atoms with Crippen LogP contribution in [0.25, 0.3) is 0 Å². The minimum atomic E-state index is -3.67. The first-order chi connectivity index (χ1) is 14.4. The van der Waals surface area contributed by atoms with Gasteiger partial charge in [-0.05, 0) is 43.7 Å². The number of benzene rings is 1. The van der Waals surface area contributed by atoms with Crippen molar-refractivity contribution in [1.82, 2.24) is 9.21 Å². The van der Waals surface area contributed by atoms with E-state index in [9.17, 15) is 13.2 Å². The fraction of sp³-hybridized carbons (Fsp3) is 0.682. The molecule has 2 fully saturated rings. The predicted molar refractivity (Wildman–Crippen MR) is 113 cm³/mol. The van der Waals surface area contributed by atoms with Gasteiger partial charge in [0.2, 0.25) is 10.0 Å². The van der Waals surface area contributed by atoms with Crippen LogP contribution in [-0.4, -0.2) is 68.0 Å². The van der Waals surface area contributed by atoms with E-state index in [1.165, 1.54) is 0 Å². The lowest BCUT2D eigenvalue weighted by Gasteiger charge is -2.32. The Hall–Kier alpha value is -1.64. The highest BCUT2D eigenvalue weighted by atomic mass is 32.2. The maximum absolute atomic E-state index is 13.6. The third-order valence-electron chi connectivity index (χ3n) is 6.34. The number of fused-ring (bicyclic) bond motifs is 2. The van der Waals surface area contributed by atoms with Crippen molar-refractivity contribution in [2.45, 2.75) is 69.1 Å². The molecular formula is C22H32N2O5S. The molecule has 0 N–H and O–H groups in total. The number of amides is 1.